The summed E-state index contributed by atoms with van der Waals surface area (Å²) in [5.41, 5.74) is 1.27. The van der Waals surface area contributed by atoms with Crippen LogP contribution < -0.4 is 10.6 Å². The molecule has 2 aromatic rings. The van der Waals surface area contributed by atoms with Gasteiger partial charge >= 0.3 is 6.09 Å². The van der Waals surface area contributed by atoms with E-state index in [-0.39, 0.29) is 11.8 Å². The fourth-order valence-corrected chi connectivity index (χ4v) is 3.65. The maximum atomic E-state index is 13.7. The third kappa shape index (κ3) is 8.42. The van der Waals surface area contributed by atoms with Crippen molar-refractivity contribution in [3.8, 4) is 0 Å². The Labute approximate surface area is 209 Å². The molecule has 7 heteroatoms. The number of ether oxygens (including phenoxy) is 1. The van der Waals surface area contributed by atoms with E-state index in [0.29, 0.717) is 12.1 Å². The Bertz CT molecular complexity index is 1010. The Hall–Kier alpha value is -3.35. The highest BCUT2D eigenvalue weighted by molar-refractivity contribution is 5.92. The molecule has 0 aliphatic heterocycles. The Morgan fingerprint density at radius 1 is 0.914 bits per heavy atom. The number of hydrogen-bond acceptors (Lipinski definition) is 4. The smallest absolute Gasteiger partial charge is 0.408 e. The van der Waals surface area contributed by atoms with Crippen molar-refractivity contribution in [1.82, 2.24) is 15.5 Å². The van der Waals surface area contributed by atoms with Crippen LogP contribution in [-0.2, 0) is 20.9 Å². The van der Waals surface area contributed by atoms with Gasteiger partial charge in [0.25, 0.3) is 0 Å². The van der Waals surface area contributed by atoms with Crippen molar-refractivity contribution in [2.24, 2.45) is 0 Å². The molecule has 0 spiro atoms. The van der Waals surface area contributed by atoms with Crippen LogP contribution in [0.2, 0.25) is 0 Å². The molecule has 2 aromatic carbocycles. The summed E-state index contributed by atoms with van der Waals surface area (Å²) in [7, 11) is 0. The van der Waals surface area contributed by atoms with E-state index in [2.05, 4.69) is 10.6 Å². The maximum absolute atomic E-state index is 13.7. The van der Waals surface area contributed by atoms with Gasteiger partial charge in [-0.05, 0) is 66.5 Å². The molecule has 2 rings (SSSR count). The third-order valence-electron chi connectivity index (χ3n) is 5.27. The number of nitrogens with zero attached hydrogens (tertiary/aromatic N) is 1. The van der Waals surface area contributed by atoms with Crippen molar-refractivity contribution in [2.75, 3.05) is 0 Å². The molecule has 0 bridgehead atoms. The predicted molar refractivity (Wildman–Crippen MR) is 138 cm³/mol. The first kappa shape index (κ1) is 27.9. The molecule has 0 aliphatic carbocycles. The number of amides is 3. The van der Waals surface area contributed by atoms with Crippen LogP contribution in [0, 0.1) is 6.92 Å². The van der Waals surface area contributed by atoms with Crippen LogP contribution in [-0.4, -0.2) is 40.0 Å². The van der Waals surface area contributed by atoms with Crippen molar-refractivity contribution in [1.29, 1.82) is 0 Å². The largest absolute Gasteiger partial charge is 0.444 e. The van der Waals surface area contributed by atoms with E-state index in [9.17, 15) is 14.4 Å². The molecule has 0 heterocycles. The first-order valence-corrected chi connectivity index (χ1v) is 11.9. The molecule has 2 N–H and O–H groups in total. The van der Waals surface area contributed by atoms with Crippen LogP contribution in [0.15, 0.2) is 54.6 Å². The van der Waals surface area contributed by atoms with Crippen LogP contribution in [0.3, 0.4) is 0 Å². The van der Waals surface area contributed by atoms with Gasteiger partial charge in [-0.3, -0.25) is 9.59 Å². The first-order chi connectivity index (χ1) is 16.2. The molecule has 0 radical (unpaired) electrons. The summed E-state index contributed by atoms with van der Waals surface area (Å²) in [5.74, 6) is -0.686. The van der Waals surface area contributed by atoms with Gasteiger partial charge < -0.3 is 20.3 Å². The minimum absolute atomic E-state index is 0.301. The van der Waals surface area contributed by atoms with E-state index in [4.69, 9.17) is 4.74 Å². The maximum Gasteiger partial charge on any atom is 0.408 e. The molecular weight excluding hydrogens is 442 g/mol. The topological polar surface area (TPSA) is 87.7 Å². The van der Waals surface area contributed by atoms with Gasteiger partial charge in [-0.2, -0.15) is 0 Å². The van der Waals surface area contributed by atoms with Crippen LogP contribution in [0.5, 0.6) is 0 Å². The summed E-state index contributed by atoms with van der Waals surface area (Å²) in [4.78, 5) is 41.2. The molecule has 0 saturated carbocycles. The van der Waals surface area contributed by atoms with Crippen LogP contribution >= 0.6 is 0 Å². The molecule has 2 atom stereocenters. The predicted octanol–water partition coefficient (Wildman–Crippen LogP) is 4.89. The minimum Gasteiger partial charge on any atom is -0.444 e. The highest BCUT2D eigenvalue weighted by Gasteiger charge is 2.40. The van der Waals surface area contributed by atoms with Crippen molar-refractivity contribution >= 4 is 17.9 Å². The third-order valence-corrected chi connectivity index (χ3v) is 5.27. The highest BCUT2D eigenvalue weighted by Crippen LogP contribution is 2.30. The lowest BCUT2D eigenvalue weighted by atomic mass is 9.95. The Morgan fingerprint density at radius 3 is 2.00 bits per heavy atom. The number of hydrogen-bond donors (Lipinski definition) is 2. The van der Waals surface area contributed by atoms with E-state index in [1.165, 1.54) is 0 Å². The summed E-state index contributed by atoms with van der Waals surface area (Å²) in [5, 5.41) is 5.60. The number of rotatable bonds is 7. The molecule has 7 nitrogen and oxygen atoms in total. The molecule has 2 unspecified atom stereocenters. The van der Waals surface area contributed by atoms with E-state index < -0.39 is 29.3 Å². The second-order valence-corrected chi connectivity index (χ2v) is 10.8. The van der Waals surface area contributed by atoms with E-state index in [1.54, 1.807) is 32.6 Å². The fourth-order valence-electron chi connectivity index (χ4n) is 3.65. The number of alkyl carbamates (subject to hydrolysis) is 1. The molecular formula is C28H39N3O4. The van der Waals surface area contributed by atoms with Gasteiger partial charge in [0.05, 0.1) is 0 Å². The second kappa shape index (κ2) is 11.4. The molecule has 35 heavy (non-hydrogen) atoms. The highest BCUT2D eigenvalue weighted by atomic mass is 16.6. The van der Waals surface area contributed by atoms with Crippen LogP contribution in [0.4, 0.5) is 4.79 Å². The Balaban J connectivity index is 2.39. The summed E-state index contributed by atoms with van der Waals surface area (Å²) in [6, 6.07) is 15.4. The van der Waals surface area contributed by atoms with Gasteiger partial charge in [0.15, 0.2) is 0 Å². The molecule has 3 amide bonds. The Kier molecular flexibility index (Phi) is 9.07. The number of nitrogens with one attached hydrogen (secondary N) is 2. The van der Waals surface area contributed by atoms with Crippen LogP contribution in [0.25, 0.3) is 0 Å². The quantitative estimate of drug-likeness (QED) is 0.589. The standard InChI is InChI=1S/C28H39N3O4/c1-19-14-16-22(17-15-19)23(24(32)29-18-21-12-10-9-11-13-21)31(27(3,4)5)25(33)20(2)30-26(34)35-28(6,7)8/h9-17,20,23H,18H2,1-8H3,(H,29,32)(H,30,34). The molecule has 0 fully saturated rings. The van der Waals surface area contributed by atoms with Crippen LogP contribution in [0.1, 0.15) is 71.2 Å². The molecule has 190 valence electrons. The molecule has 0 aliphatic rings. The number of carbonyl (C=O) groups is 3. The lowest BCUT2D eigenvalue weighted by molar-refractivity contribution is -0.148. The molecule has 0 saturated heterocycles. The zero-order valence-corrected chi connectivity index (χ0v) is 22.1. The van der Waals surface area contributed by atoms with Gasteiger partial charge in [0.1, 0.15) is 17.7 Å². The van der Waals surface area contributed by atoms with Crippen molar-refractivity contribution in [3.05, 3.63) is 71.3 Å². The fraction of sp³-hybridized carbons (Fsp3) is 0.464. The summed E-state index contributed by atoms with van der Waals surface area (Å²) in [6.45, 7) is 14.8. The number of benzene rings is 2. The number of aryl methyl sites for hydroxylation is 1. The van der Waals surface area contributed by atoms with Crippen molar-refractivity contribution in [2.45, 2.75) is 85.2 Å². The lowest BCUT2D eigenvalue weighted by Gasteiger charge is -2.42. The van der Waals surface area contributed by atoms with E-state index in [0.717, 1.165) is 11.1 Å². The van der Waals surface area contributed by atoms with E-state index >= 15 is 0 Å². The summed E-state index contributed by atoms with van der Waals surface area (Å²) < 4.78 is 5.32. The zero-order valence-electron chi connectivity index (χ0n) is 22.1. The molecule has 0 aromatic heterocycles. The SMILES string of the molecule is Cc1ccc(C(C(=O)NCc2ccccc2)N(C(=O)C(C)NC(=O)OC(C)(C)C)C(C)(C)C)cc1. The van der Waals surface area contributed by atoms with Gasteiger partial charge in [0, 0.05) is 12.1 Å². The average Bonchev–Trinajstić information content (AvgIpc) is 2.74. The van der Waals surface area contributed by atoms with Crippen molar-refractivity contribution in [3.63, 3.8) is 0 Å². The monoisotopic (exact) mass is 481 g/mol. The first-order valence-electron chi connectivity index (χ1n) is 11.9. The van der Waals surface area contributed by atoms with Gasteiger partial charge in [0.2, 0.25) is 11.8 Å². The van der Waals surface area contributed by atoms with Gasteiger partial charge in [-0.15, -0.1) is 0 Å². The lowest BCUT2D eigenvalue weighted by Crippen LogP contribution is -2.57. The minimum atomic E-state index is -0.904. The second-order valence-electron chi connectivity index (χ2n) is 10.8. The summed E-state index contributed by atoms with van der Waals surface area (Å²) >= 11 is 0. The van der Waals surface area contributed by atoms with E-state index in [1.807, 2.05) is 82.3 Å². The Morgan fingerprint density at radius 2 is 1.49 bits per heavy atom. The number of carbonyl (C=O) groups excluding carboxylic acids is 3. The van der Waals surface area contributed by atoms with Gasteiger partial charge in [-0.25, -0.2) is 4.79 Å². The summed E-state index contributed by atoms with van der Waals surface area (Å²) in [6.07, 6.45) is -0.687. The van der Waals surface area contributed by atoms with Gasteiger partial charge in [-0.1, -0.05) is 60.2 Å². The van der Waals surface area contributed by atoms with Crippen molar-refractivity contribution < 1.29 is 19.1 Å². The average molecular weight is 482 g/mol. The normalized spacial score (nSPS) is 13.4. The zero-order chi connectivity index (χ0) is 26.4.